The molecule has 2 aromatic rings. The zero-order chi connectivity index (χ0) is 14.7. The minimum Gasteiger partial charge on any atom is -0.497 e. The summed E-state index contributed by atoms with van der Waals surface area (Å²) >= 11 is 6.11. The predicted molar refractivity (Wildman–Crippen MR) is 76.5 cm³/mol. The maximum atomic E-state index is 10.6. The Hall–Kier alpha value is -1.72. The molecule has 108 valence electrons. The summed E-state index contributed by atoms with van der Waals surface area (Å²) in [6.45, 7) is 2.56. The fourth-order valence-corrected chi connectivity index (χ4v) is 2.29. The summed E-state index contributed by atoms with van der Waals surface area (Å²) in [5.41, 5.74) is 1.20. The van der Waals surface area contributed by atoms with Crippen LogP contribution in [0, 0.1) is 0 Å². The molecule has 0 fully saturated rings. The molecule has 1 heterocycles. The second kappa shape index (κ2) is 6.15. The summed E-state index contributed by atoms with van der Waals surface area (Å²) in [6, 6.07) is 5.24. The van der Waals surface area contributed by atoms with E-state index >= 15 is 0 Å². The van der Waals surface area contributed by atoms with E-state index in [1.165, 1.54) is 6.20 Å². The second-order valence-corrected chi connectivity index (χ2v) is 4.65. The van der Waals surface area contributed by atoms with Gasteiger partial charge in [-0.05, 0) is 24.6 Å². The molecule has 1 N–H and O–H groups in total. The molecule has 1 atom stereocenters. The maximum absolute atomic E-state index is 10.6. The van der Waals surface area contributed by atoms with Gasteiger partial charge >= 0.3 is 0 Å². The van der Waals surface area contributed by atoms with Gasteiger partial charge in [0.05, 0.1) is 31.1 Å². The normalized spacial score (nSPS) is 12.2. The molecule has 0 aliphatic carbocycles. The highest BCUT2D eigenvalue weighted by Gasteiger charge is 2.20. The van der Waals surface area contributed by atoms with E-state index in [0.717, 1.165) is 0 Å². The van der Waals surface area contributed by atoms with Crippen LogP contribution in [0.3, 0.4) is 0 Å². The number of nitrogens with zero attached hydrogens (tertiary/aromatic N) is 2. The topological polar surface area (TPSA) is 56.5 Å². The number of benzene rings is 1. The summed E-state index contributed by atoms with van der Waals surface area (Å²) in [5.74, 6) is 1.22. The quantitative estimate of drug-likeness (QED) is 0.921. The Kier molecular flexibility index (Phi) is 4.52. The van der Waals surface area contributed by atoms with Gasteiger partial charge in [-0.3, -0.25) is 4.68 Å². The van der Waals surface area contributed by atoms with Crippen molar-refractivity contribution in [1.82, 2.24) is 9.78 Å². The minimum absolute atomic E-state index is 0.432. The van der Waals surface area contributed by atoms with Gasteiger partial charge in [0.15, 0.2) is 0 Å². The van der Waals surface area contributed by atoms with Crippen LogP contribution in [0.4, 0.5) is 0 Å². The number of rotatable bonds is 5. The van der Waals surface area contributed by atoms with Crippen LogP contribution in [0.15, 0.2) is 24.4 Å². The standard InChI is InChI=1S/C14H17ClN2O3/c1-4-17-13(12(15)8-16-17)14(18)9-5-10(19-2)7-11(6-9)20-3/h5-8,14,18H,4H2,1-3H3. The molecule has 0 spiro atoms. The fraction of sp³-hybridized carbons (Fsp3) is 0.357. The molecule has 6 heteroatoms. The van der Waals surface area contributed by atoms with Crippen molar-refractivity contribution in [3.05, 3.63) is 40.7 Å². The van der Waals surface area contributed by atoms with E-state index < -0.39 is 6.10 Å². The number of halogens is 1. The monoisotopic (exact) mass is 296 g/mol. The number of aliphatic hydroxyl groups excluding tert-OH is 1. The Bertz CT molecular complexity index is 576. The summed E-state index contributed by atoms with van der Waals surface area (Å²) in [5, 5.41) is 15.1. The third-order valence-electron chi connectivity index (χ3n) is 3.08. The highest BCUT2D eigenvalue weighted by Crippen LogP contribution is 2.32. The average Bonchev–Trinajstić information content (AvgIpc) is 2.86. The molecule has 1 aromatic carbocycles. The van der Waals surface area contributed by atoms with Gasteiger partial charge in [-0.25, -0.2) is 0 Å². The first-order chi connectivity index (χ1) is 9.60. The van der Waals surface area contributed by atoms with Crippen LogP contribution in [0.5, 0.6) is 11.5 Å². The molecule has 2 rings (SSSR count). The SMILES string of the molecule is CCn1ncc(Cl)c1C(O)c1cc(OC)cc(OC)c1. The highest BCUT2D eigenvalue weighted by atomic mass is 35.5. The summed E-state index contributed by atoms with van der Waals surface area (Å²) in [7, 11) is 3.13. The Morgan fingerprint density at radius 1 is 1.25 bits per heavy atom. The Balaban J connectivity index is 2.46. The number of hydrogen-bond acceptors (Lipinski definition) is 4. The molecule has 20 heavy (non-hydrogen) atoms. The molecule has 0 radical (unpaired) electrons. The van der Waals surface area contributed by atoms with Gasteiger partial charge in [0.1, 0.15) is 17.6 Å². The number of ether oxygens (including phenoxy) is 2. The zero-order valence-corrected chi connectivity index (χ0v) is 12.4. The molecule has 1 aromatic heterocycles. The van der Waals surface area contributed by atoms with E-state index in [1.54, 1.807) is 37.1 Å². The lowest BCUT2D eigenvalue weighted by Gasteiger charge is -2.15. The molecular weight excluding hydrogens is 280 g/mol. The smallest absolute Gasteiger partial charge is 0.122 e. The average molecular weight is 297 g/mol. The number of methoxy groups -OCH3 is 2. The van der Waals surface area contributed by atoms with Crippen molar-refractivity contribution in [2.45, 2.75) is 19.6 Å². The molecule has 1 unspecified atom stereocenters. The molecule has 0 aliphatic rings. The molecule has 0 saturated heterocycles. The van der Waals surface area contributed by atoms with Crippen LogP contribution in [0.25, 0.3) is 0 Å². The summed E-state index contributed by atoms with van der Waals surface area (Å²) in [6.07, 6.45) is 0.634. The van der Waals surface area contributed by atoms with Crippen LogP contribution in [0.2, 0.25) is 5.02 Å². The largest absolute Gasteiger partial charge is 0.497 e. The predicted octanol–water partition coefficient (Wildman–Crippen LogP) is 2.66. The van der Waals surface area contributed by atoms with Crippen LogP contribution < -0.4 is 9.47 Å². The van der Waals surface area contributed by atoms with Crippen molar-refractivity contribution in [1.29, 1.82) is 0 Å². The summed E-state index contributed by atoms with van der Waals surface area (Å²) < 4.78 is 12.1. The molecular formula is C14H17ClN2O3. The van der Waals surface area contributed by atoms with E-state index in [1.807, 2.05) is 6.92 Å². The first-order valence-corrected chi connectivity index (χ1v) is 6.60. The number of hydrogen-bond donors (Lipinski definition) is 1. The van der Waals surface area contributed by atoms with E-state index in [-0.39, 0.29) is 0 Å². The van der Waals surface area contributed by atoms with Crippen LogP contribution in [-0.4, -0.2) is 29.1 Å². The van der Waals surface area contributed by atoms with Gasteiger partial charge in [0.2, 0.25) is 0 Å². The maximum Gasteiger partial charge on any atom is 0.122 e. The lowest BCUT2D eigenvalue weighted by molar-refractivity contribution is 0.207. The third kappa shape index (κ3) is 2.73. The lowest BCUT2D eigenvalue weighted by Crippen LogP contribution is -2.10. The van der Waals surface area contributed by atoms with E-state index in [9.17, 15) is 5.11 Å². The van der Waals surface area contributed by atoms with E-state index in [0.29, 0.717) is 34.3 Å². The van der Waals surface area contributed by atoms with Gasteiger partial charge in [-0.1, -0.05) is 11.6 Å². The van der Waals surface area contributed by atoms with Crippen molar-refractivity contribution in [2.75, 3.05) is 14.2 Å². The Morgan fingerprint density at radius 2 is 1.85 bits per heavy atom. The van der Waals surface area contributed by atoms with Gasteiger partial charge in [0.25, 0.3) is 0 Å². The molecule has 5 nitrogen and oxygen atoms in total. The molecule has 0 aliphatic heterocycles. The Labute approximate surface area is 122 Å². The van der Waals surface area contributed by atoms with Gasteiger partial charge in [-0.2, -0.15) is 5.10 Å². The second-order valence-electron chi connectivity index (χ2n) is 4.24. The van der Waals surface area contributed by atoms with Crippen molar-refractivity contribution in [2.24, 2.45) is 0 Å². The molecule has 0 amide bonds. The Morgan fingerprint density at radius 3 is 2.35 bits per heavy atom. The minimum atomic E-state index is -0.894. The van der Waals surface area contributed by atoms with Crippen molar-refractivity contribution in [3.63, 3.8) is 0 Å². The number of aliphatic hydroxyl groups is 1. The van der Waals surface area contributed by atoms with Crippen molar-refractivity contribution in [3.8, 4) is 11.5 Å². The lowest BCUT2D eigenvalue weighted by atomic mass is 10.1. The first kappa shape index (κ1) is 14.7. The van der Waals surface area contributed by atoms with E-state index in [2.05, 4.69) is 5.10 Å². The molecule has 0 saturated carbocycles. The fourth-order valence-electron chi connectivity index (χ4n) is 2.04. The van der Waals surface area contributed by atoms with Crippen LogP contribution in [0.1, 0.15) is 24.3 Å². The first-order valence-electron chi connectivity index (χ1n) is 6.23. The van der Waals surface area contributed by atoms with Gasteiger partial charge < -0.3 is 14.6 Å². The van der Waals surface area contributed by atoms with Crippen molar-refractivity contribution < 1.29 is 14.6 Å². The molecule has 0 bridgehead atoms. The highest BCUT2D eigenvalue weighted by molar-refractivity contribution is 6.31. The zero-order valence-electron chi connectivity index (χ0n) is 11.6. The summed E-state index contributed by atoms with van der Waals surface area (Å²) in [4.78, 5) is 0. The number of aryl methyl sites for hydroxylation is 1. The van der Waals surface area contributed by atoms with Crippen LogP contribution >= 0.6 is 11.6 Å². The van der Waals surface area contributed by atoms with Crippen LogP contribution in [-0.2, 0) is 6.54 Å². The van der Waals surface area contributed by atoms with Gasteiger partial charge in [-0.15, -0.1) is 0 Å². The third-order valence-corrected chi connectivity index (χ3v) is 3.37. The van der Waals surface area contributed by atoms with Crippen molar-refractivity contribution >= 4 is 11.6 Å². The van der Waals surface area contributed by atoms with Gasteiger partial charge in [0, 0.05) is 12.6 Å². The van der Waals surface area contributed by atoms with E-state index in [4.69, 9.17) is 21.1 Å². The number of aromatic nitrogens is 2.